The van der Waals surface area contributed by atoms with Gasteiger partial charge in [-0.25, -0.2) is 9.98 Å². The van der Waals surface area contributed by atoms with Gasteiger partial charge in [0.05, 0.1) is 0 Å². The van der Waals surface area contributed by atoms with Crippen LogP contribution >= 0.6 is 0 Å². The van der Waals surface area contributed by atoms with Gasteiger partial charge in [-0.15, -0.1) is 0 Å². The highest BCUT2D eigenvalue weighted by Crippen LogP contribution is 2.48. The molecular formula is C18H28N4. The Morgan fingerprint density at radius 1 is 1.36 bits per heavy atom. The standard InChI is InChI=1S/C18H28N4/c1-7-17(21-6)22-11-13(2)16(19)8-14(12-20-5)15-9-18(3,4)10-15/h7-8,11-12,15,20H,1,6,9-10,19H2,2-5H3/b13-11+,14-12+,16-8-,22-17?. The molecule has 0 unspecified atom stereocenters. The van der Waals surface area contributed by atoms with Gasteiger partial charge in [-0.05, 0) is 67.3 Å². The van der Waals surface area contributed by atoms with Crippen molar-refractivity contribution in [3.63, 3.8) is 0 Å². The van der Waals surface area contributed by atoms with Crippen molar-refractivity contribution in [2.75, 3.05) is 7.05 Å². The Kier molecular flexibility index (Phi) is 6.35. The molecule has 1 saturated carbocycles. The topological polar surface area (TPSA) is 62.8 Å². The van der Waals surface area contributed by atoms with E-state index in [9.17, 15) is 0 Å². The SMILES string of the molecule is C=CC(N=C)=N/C=C(C)/C(N)=C/C(=C\NC)C1CC(C)(C)C1. The first-order valence-electron chi connectivity index (χ1n) is 7.51. The minimum atomic E-state index is 0.434. The number of nitrogens with one attached hydrogen (secondary N) is 1. The molecule has 120 valence electrons. The van der Waals surface area contributed by atoms with Crippen LogP contribution in [0.4, 0.5) is 0 Å². The lowest BCUT2D eigenvalue weighted by Crippen LogP contribution is -2.33. The summed E-state index contributed by atoms with van der Waals surface area (Å²) in [5.41, 5.74) is 9.46. The van der Waals surface area contributed by atoms with Crippen molar-refractivity contribution >= 4 is 12.6 Å². The fraction of sp³-hybridized carbons (Fsp3) is 0.444. The molecule has 0 aromatic rings. The number of nitrogens with zero attached hydrogens (tertiary/aromatic N) is 2. The van der Waals surface area contributed by atoms with E-state index in [1.54, 1.807) is 12.3 Å². The van der Waals surface area contributed by atoms with Crippen molar-refractivity contribution in [3.05, 3.63) is 48.0 Å². The molecule has 0 heterocycles. The van der Waals surface area contributed by atoms with E-state index in [-0.39, 0.29) is 0 Å². The first kappa shape index (κ1) is 18.0. The highest BCUT2D eigenvalue weighted by atomic mass is 14.9. The second-order valence-electron chi connectivity index (χ2n) is 6.46. The second-order valence-corrected chi connectivity index (χ2v) is 6.46. The van der Waals surface area contributed by atoms with Crippen LogP contribution in [0, 0.1) is 11.3 Å². The van der Waals surface area contributed by atoms with E-state index in [1.165, 1.54) is 18.4 Å². The average Bonchev–Trinajstić information content (AvgIpc) is 2.44. The Morgan fingerprint density at radius 3 is 2.45 bits per heavy atom. The molecule has 1 aliphatic rings. The van der Waals surface area contributed by atoms with Crippen LogP contribution in [-0.4, -0.2) is 19.6 Å². The summed E-state index contributed by atoms with van der Waals surface area (Å²) in [7, 11) is 1.91. The van der Waals surface area contributed by atoms with E-state index >= 15 is 0 Å². The third-order valence-electron chi connectivity index (χ3n) is 3.89. The van der Waals surface area contributed by atoms with Crippen LogP contribution in [0.25, 0.3) is 0 Å². The van der Waals surface area contributed by atoms with E-state index < -0.39 is 0 Å². The van der Waals surface area contributed by atoms with E-state index in [1.807, 2.05) is 26.2 Å². The molecule has 4 heteroatoms. The number of amidine groups is 1. The number of nitrogens with two attached hydrogens (primary N) is 1. The monoisotopic (exact) mass is 300 g/mol. The smallest absolute Gasteiger partial charge is 0.150 e. The molecule has 4 nitrogen and oxygen atoms in total. The van der Waals surface area contributed by atoms with Crippen molar-refractivity contribution in [2.45, 2.75) is 33.6 Å². The number of hydrogen-bond donors (Lipinski definition) is 2. The highest BCUT2D eigenvalue weighted by molar-refractivity contribution is 5.95. The Bertz CT molecular complexity index is 529. The molecule has 0 atom stereocenters. The van der Waals surface area contributed by atoms with Crippen LogP contribution in [0.15, 0.2) is 58.0 Å². The fourth-order valence-corrected chi connectivity index (χ4v) is 2.64. The fourth-order valence-electron chi connectivity index (χ4n) is 2.64. The zero-order chi connectivity index (χ0) is 16.8. The molecular weight excluding hydrogens is 272 g/mol. The summed E-state index contributed by atoms with van der Waals surface area (Å²) in [6, 6.07) is 0. The number of allylic oxidation sites excluding steroid dienone is 3. The van der Waals surface area contributed by atoms with Gasteiger partial charge in [0.25, 0.3) is 0 Å². The van der Waals surface area contributed by atoms with Crippen molar-refractivity contribution < 1.29 is 0 Å². The summed E-state index contributed by atoms with van der Waals surface area (Å²) in [6.45, 7) is 13.6. The van der Waals surface area contributed by atoms with E-state index in [0.717, 1.165) is 5.57 Å². The Hall–Kier alpha value is -2.10. The molecule has 0 aromatic carbocycles. The third-order valence-corrected chi connectivity index (χ3v) is 3.89. The molecule has 1 aliphatic carbocycles. The normalized spacial score (nSPS) is 20.4. The van der Waals surface area contributed by atoms with Gasteiger partial charge < -0.3 is 11.1 Å². The molecule has 0 spiro atoms. The average molecular weight is 300 g/mol. The van der Waals surface area contributed by atoms with Gasteiger partial charge in [0, 0.05) is 18.9 Å². The van der Waals surface area contributed by atoms with Gasteiger partial charge >= 0.3 is 0 Å². The lowest BCUT2D eigenvalue weighted by molar-refractivity contribution is 0.125. The number of rotatable bonds is 6. The van der Waals surface area contributed by atoms with Gasteiger partial charge in [0.15, 0.2) is 5.84 Å². The van der Waals surface area contributed by atoms with Gasteiger partial charge in [-0.1, -0.05) is 20.4 Å². The largest absolute Gasteiger partial charge is 0.398 e. The summed E-state index contributed by atoms with van der Waals surface area (Å²) in [4.78, 5) is 7.94. The summed E-state index contributed by atoms with van der Waals surface area (Å²) < 4.78 is 0. The Labute approximate surface area is 134 Å². The predicted octanol–water partition coefficient (Wildman–Crippen LogP) is 3.56. The molecule has 1 fully saturated rings. The summed E-state index contributed by atoms with van der Waals surface area (Å²) in [5, 5.41) is 3.11. The van der Waals surface area contributed by atoms with E-state index in [2.05, 4.69) is 42.4 Å². The molecule has 0 amide bonds. The lowest BCUT2D eigenvalue weighted by atomic mass is 9.62. The maximum atomic E-state index is 6.18. The van der Waals surface area contributed by atoms with Gasteiger partial charge in [0.1, 0.15) is 0 Å². The first-order valence-corrected chi connectivity index (χ1v) is 7.51. The molecule has 22 heavy (non-hydrogen) atoms. The Balaban J connectivity index is 2.90. The van der Waals surface area contributed by atoms with Gasteiger partial charge in [-0.3, -0.25) is 0 Å². The minimum Gasteiger partial charge on any atom is -0.398 e. The van der Waals surface area contributed by atoms with Crippen molar-refractivity contribution in [1.29, 1.82) is 0 Å². The van der Waals surface area contributed by atoms with Crippen molar-refractivity contribution in [2.24, 2.45) is 27.1 Å². The van der Waals surface area contributed by atoms with Crippen LogP contribution in [0.5, 0.6) is 0 Å². The molecule has 0 saturated heterocycles. The molecule has 0 aromatic heterocycles. The number of hydrogen-bond acceptors (Lipinski definition) is 3. The first-order chi connectivity index (χ1) is 10.3. The zero-order valence-corrected chi connectivity index (χ0v) is 14.2. The highest BCUT2D eigenvalue weighted by Gasteiger charge is 2.37. The quantitative estimate of drug-likeness (QED) is 0.447. The van der Waals surface area contributed by atoms with Gasteiger partial charge in [-0.2, -0.15) is 0 Å². The van der Waals surface area contributed by atoms with Crippen LogP contribution in [0.2, 0.25) is 0 Å². The molecule has 0 bridgehead atoms. The molecule has 3 N–H and O–H groups in total. The lowest BCUT2D eigenvalue weighted by Gasteiger charge is -2.43. The van der Waals surface area contributed by atoms with Crippen LogP contribution < -0.4 is 11.1 Å². The van der Waals surface area contributed by atoms with Crippen molar-refractivity contribution in [1.82, 2.24) is 5.32 Å². The van der Waals surface area contributed by atoms with Crippen LogP contribution in [-0.2, 0) is 0 Å². The number of aliphatic imine (C=N–C) groups is 2. The maximum Gasteiger partial charge on any atom is 0.150 e. The maximum absolute atomic E-state index is 6.18. The second kappa shape index (κ2) is 7.78. The van der Waals surface area contributed by atoms with Crippen LogP contribution in [0.3, 0.4) is 0 Å². The Morgan fingerprint density at radius 2 is 2.00 bits per heavy atom. The zero-order valence-electron chi connectivity index (χ0n) is 14.2. The van der Waals surface area contributed by atoms with Crippen molar-refractivity contribution in [3.8, 4) is 0 Å². The predicted molar refractivity (Wildman–Crippen MR) is 96.9 cm³/mol. The third kappa shape index (κ3) is 5.02. The van der Waals surface area contributed by atoms with Gasteiger partial charge in [0.2, 0.25) is 0 Å². The summed E-state index contributed by atoms with van der Waals surface area (Å²) >= 11 is 0. The van der Waals surface area contributed by atoms with E-state index in [0.29, 0.717) is 22.9 Å². The summed E-state index contributed by atoms with van der Waals surface area (Å²) in [5.74, 6) is 1.05. The molecule has 1 rings (SSSR count). The van der Waals surface area contributed by atoms with Crippen LogP contribution in [0.1, 0.15) is 33.6 Å². The molecule has 0 radical (unpaired) electrons. The molecule has 0 aliphatic heterocycles. The van der Waals surface area contributed by atoms with E-state index in [4.69, 9.17) is 5.73 Å². The minimum absolute atomic E-state index is 0.434. The summed E-state index contributed by atoms with van der Waals surface area (Å²) in [6.07, 6.45) is 9.69.